The van der Waals surface area contributed by atoms with Crippen LogP contribution in [0.5, 0.6) is 0 Å². The number of rotatable bonds is 4. The van der Waals surface area contributed by atoms with Crippen molar-refractivity contribution < 1.29 is 9.59 Å². The zero-order valence-electron chi connectivity index (χ0n) is 14.4. The summed E-state index contributed by atoms with van der Waals surface area (Å²) < 4.78 is 0. The van der Waals surface area contributed by atoms with Gasteiger partial charge in [-0.3, -0.25) is 9.59 Å². The number of likely N-dealkylation sites (tertiary alicyclic amines) is 1. The van der Waals surface area contributed by atoms with Crippen molar-refractivity contribution in [3.05, 3.63) is 28.3 Å². The van der Waals surface area contributed by atoms with Gasteiger partial charge in [0.25, 0.3) is 0 Å². The number of nitrogens with zero attached hydrogens (tertiary/aromatic N) is 1. The van der Waals surface area contributed by atoms with E-state index in [-0.39, 0.29) is 17.7 Å². The Hall–Kier alpha value is -1.49. The molecule has 1 aliphatic heterocycles. The third-order valence-corrected chi connectivity index (χ3v) is 6.11. The fraction of sp³-hybridized carbons (Fsp3) is 0.556. The van der Waals surface area contributed by atoms with Crippen molar-refractivity contribution in [1.82, 2.24) is 4.90 Å². The number of primary amides is 1. The fourth-order valence-corrected chi connectivity index (χ4v) is 4.26. The SMILES string of the molecule is Cc1cc(C)c(C)c(SCC(=O)N2CCCC(C(N)=O)C2)c1C. The molecule has 0 saturated carbocycles. The summed E-state index contributed by atoms with van der Waals surface area (Å²) in [6, 6.07) is 2.19. The molecule has 1 aliphatic rings. The van der Waals surface area contributed by atoms with Crippen LogP contribution in [0.25, 0.3) is 0 Å². The van der Waals surface area contributed by atoms with Crippen molar-refractivity contribution in [3.8, 4) is 0 Å². The van der Waals surface area contributed by atoms with Gasteiger partial charge in [0.05, 0.1) is 11.7 Å². The largest absolute Gasteiger partial charge is 0.369 e. The summed E-state index contributed by atoms with van der Waals surface area (Å²) in [5.41, 5.74) is 10.4. The summed E-state index contributed by atoms with van der Waals surface area (Å²) in [4.78, 5) is 26.8. The molecule has 1 unspecified atom stereocenters. The van der Waals surface area contributed by atoms with E-state index in [1.165, 1.54) is 27.1 Å². The van der Waals surface area contributed by atoms with E-state index in [2.05, 4.69) is 33.8 Å². The maximum atomic E-state index is 12.5. The molecule has 1 heterocycles. The predicted octanol–water partition coefficient (Wildman–Crippen LogP) is 2.74. The van der Waals surface area contributed by atoms with Gasteiger partial charge < -0.3 is 10.6 Å². The molecule has 1 aromatic carbocycles. The molecule has 0 radical (unpaired) electrons. The number of hydrogen-bond acceptors (Lipinski definition) is 3. The Morgan fingerprint density at radius 1 is 1.22 bits per heavy atom. The zero-order chi connectivity index (χ0) is 17.1. The van der Waals surface area contributed by atoms with Gasteiger partial charge in [0, 0.05) is 18.0 Å². The van der Waals surface area contributed by atoms with Crippen molar-refractivity contribution in [3.63, 3.8) is 0 Å². The summed E-state index contributed by atoms with van der Waals surface area (Å²) in [7, 11) is 0. The first-order chi connectivity index (χ1) is 10.8. The van der Waals surface area contributed by atoms with E-state index in [1.54, 1.807) is 16.7 Å². The van der Waals surface area contributed by atoms with Crippen molar-refractivity contribution >= 4 is 23.6 Å². The van der Waals surface area contributed by atoms with Gasteiger partial charge in [0.1, 0.15) is 0 Å². The smallest absolute Gasteiger partial charge is 0.232 e. The van der Waals surface area contributed by atoms with Crippen LogP contribution in [-0.2, 0) is 9.59 Å². The number of carbonyl (C=O) groups is 2. The molecule has 1 atom stereocenters. The van der Waals surface area contributed by atoms with E-state index >= 15 is 0 Å². The first-order valence-electron chi connectivity index (χ1n) is 8.08. The van der Waals surface area contributed by atoms with Crippen LogP contribution >= 0.6 is 11.8 Å². The number of aryl methyl sites for hydroxylation is 2. The van der Waals surface area contributed by atoms with Crippen LogP contribution in [0.1, 0.15) is 35.1 Å². The molecule has 0 aromatic heterocycles. The predicted molar refractivity (Wildman–Crippen MR) is 94.6 cm³/mol. The number of piperidine rings is 1. The molecule has 1 fully saturated rings. The van der Waals surface area contributed by atoms with Crippen LogP contribution in [-0.4, -0.2) is 35.6 Å². The Morgan fingerprint density at radius 2 is 1.83 bits per heavy atom. The summed E-state index contributed by atoms with van der Waals surface area (Å²) in [6.45, 7) is 9.64. The van der Waals surface area contributed by atoms with Crippen LogP contribution in [0.15, 0.2) is 11.0 Å². The van der Waals surface area contributed by atoms with Crippen LogP contribution < -0.4 is 5.73 Å². The highest BCUT2D eigenvalue weighted by Crippen LogP contribution is 2.31. The molecule has 0 aliphatic carbocycles. The minimum atomic E-state index is -0.295. The summed E-state index contributed by atoms with van der Waals surface area (Å²) in [6.07, 6.45) is 1.65. The molecule has 2 rings (SSSR count). The molecule has 2 N–H and O–H groups in total. The number of nitrogens with two attached hydrogens (primary N) is 1. The van der Waals surface area contributed by atoms with Crippen molar-refractivity contribution in [2.24, 2.45) is 11.7 Å². The van der Waals surface area contributed by atoms with E-state index in [0.29, 0.717) is 12.3 Å². The molecule has 0 bridgehead atoms. The lowest BCUT2D eigenvalue weighted by Gasteiger charge is -2.31. The Morgan fingerprint density at radius 3 is 2.39 bits per heavy atom. The van der Waals surface area contributed by atoms with Gasteiger partial charge in [-0.1, -0.05) is 6.07 Å². The van der Waals surface area contributed by atoms with Gasteiger partial charge in [-0.2, -0.15) is 0 Å². The Labute approximate surface area is 142 Å². The summed E-state index contributed by atoms with van der Waals surface area (Å²) >= 11 is 1.61. The lowest BCUT2D eigenvalue weighted by atomic mass is 9.97. The molecule has 1 aromatic rings. The quantitative estimate of drug-likeness (QED) is 0.861. The van der Waals surface area contributed by atoms with Crippen LogP contribution in [0.4, 0.5) is 0 Å². The molecule has 2 amide bonds. The molecule has 5 heteroatoms. The van der Waals surface area contributed by atoms with Gasteiger partial charge >= 0.3 is 0 Å². The van der Waals surface area contributed by atoms with Crippen molar-refractivity contribution in [2.45, 2.75) is 45.4 Å². The van der Waals surface area contributed by atoms with Gasteiger partial charge in [-0.05, 0) is 62.8 Å². The second-order valence-corrected chi connectivity index (χ2v) is 7.45. The topological polar surface area (TPSA) is 63.4 Å². The lowest BCUT2D eigenvalue weighted by Crippen LogP contribution is -2.44. The summed E-state index contributed by atoms with van der Waals surface area (Å²) in [5, 5.41) is 0. The molecular formula is C18H26N2O2S. The van der Waals surface area contributed by atoms with Crippen molar-refractivity contribution in [1.29, 1.82) is 0 Å². The average Bonchev–Trinajstić information content (AvgIpc) is 2.53. The number of amides is 2. The van der Waals surface area contributed by atoms with Gasteiger partial charge in [0.15, 0.2) is 0 Å². The van der Waals surface area contributed by atoms with Gasteiger partial charge in [-0.15, -0.1) is 11.8 Å². The van der Waals surface area contributed by atoms with E-state index in [1.807, 2.05) is 0 Å². The number of benzene rings is 1. The zero-order valence-corrected chi connectivity index (χ0v) is 15.3. The molecule has 1 saturated heterocycles. The second kappa shape index (κ2) is 7.39. The first kappa shape index (κ1) is 17.9. The van der Waals surface area contributed by atoms with E-state index in [9.17, 15) is 9.59 Å². The Balaban J connectivity index is 2.04. The first-order valence-corrected chi connectivity index (χ1v) is 9.07. The monoisotopic (exact) mass is 334 g/mol. The molecule has 0 spiro atoms. The molecule has 126 valence electrons. The van der Waals surface area contributed by atoms with Crippen LogP contribution in [0, 0.1) is 33.6 Å². The van der Waals surface area contributed by atoms with Gasteiger partial charge in [0.2, 0.25) is 11.8 Å². The molecule has 23 heavy (non-hydrogen) atoms. The highest BCUT2D eigenvalue weighted by Gasteiger charge is 2.27. The molecule has 4 nitrogen and oxygen atoms in total. The summed E-state index contributed by atoms with van der Waals surface area (Å²) in [5.74, 6) is 0.0215. The number of hydrogen-bond donors (Lipinski definition) is 1. The number of carbonyl (C=O) groups excluding carboxylic acids is 2. The van der Waals surface area contributed by atoms with Gasteiger partial charge in [-0.25, -0.2) is 0 Å². The average molecular weight is 334 g/mol. The maximum Gasteiger partial charge on any atom is 0.232 e. The highest BCUT2D eigenvalue weighted by atomic mass is 32.2. The van der Waals surface area contributed by atoms with E-state index in [0.717, 1.165) is 19.4 Å². The fourth-order valence-electron chi connectivity index (χ4n) is 3.06. The van der Waals surface area contributed by atoms with E-state index in [4.69, 9.17) is 5.73 Å². The standard InChI is InChI=1S/C18H26N2O2S/c1-11-8-12(2)14(4)17(13(11)3)23-10-16(21)20-7-5-6-15(9-20)18(19)22/h8,15H,5-7,9-10H2,1-4H3,(H2,19,22). The van der Waals surface area contributed by atoms with Crippen molar-refractivity contribution in [2.75, 3.05) is 18.8 Å². The van der Waals surface area contributed by atoms with Crippen LogP contribution in [0.3, 0.4) is 0 Å². The minimum absolute atomic E-state index is 0.0962. The Bertz CT molecular complexity index is 602. The minimum Gasteiger partial charge on any atom is -0.369 e. The number of thioether (sulfide) groups is 1. The van der Waals surface area contributed by atoms with E-state index < -0.39 is 0 Å². The lowest BCUT2D eigenvalue weighted by molar-refractivity contribution is -0.132. The third kappa shape index (κ3) is 4.08. The normalized spacial score (nSPS) is 18.1. The molecular weight excluding hydrogens is 308 g/mol. The maximum absolute atomic E-state index is 12.5. The van der Waals surface area contributed by atoms with Crippen LogP contribution in [0.2, 0.25) is 0 Å². The third-order valence-electron chi connectivity index (χ3n) is 4.81. The Kier molecular flexibility index (Phi) is 5.74. The highest BCUT2D eigenvalue weighted by molar-refractivity contribution is 8.00. The second-order valence-electron chi connectivity index (χ2n) is 6.46.